The van der Waals surface area contributed by atoms with Gasteiger partial charge in [-0.15, -0.1) is 11.3 Å². The number of aromatic amines is 1. The van der Waals surface area contributed by atoms with E-state index in [-0.39, 0.29) is 18.1 Å². The van der Waals surface area contributed by atoms with Crippen molar-refractivity contribution in [1.82, 2.24) is 14.9 Å². The number of hydrogen-bond donors (Lipinski definition) is 2. The molecule has 24 heavy (non-hydrogen) atoms. The molecule has 2 aromatic rings. The van der Waals surface area contributed by atoms with E-state index in [9.17, 15) is 4.79 Å². The van der Waals surface area contributed by atoms with Crippen molar-refractivity contribution < 1.29 is 19.4 Å². The number of thiophene rings is 1. The third-order valence-corrected chi connectivity index (χ3v) is 4.40. The lowest BCUT2D eigenvalue weighted by Crippen LogP contribution is -2.32. The normalized spacial score (nSPS) is 17.5. The van der Waals surface area contributed by atoms with Crippen LogP contribution in [0.3, 0.4) is 0 Å². The molecule has 0 aromatic carbocycles. The Labute approximate surface area is 143 Å². The maximum absolute atomic E-state index is 11.9. The second kappa shape index (κ2) is 9.48. The summed E-state index contributed by atoms with van der Waals surface area (Å²) in [5, 5.41) is 8.78. The van der Waals surface area contributed by atoms with Crippen LogP contribution in [-0.2, 0) is 20.8 Å². The van der Waals surface area contributed by atoms with Gasteiger partial charge in [0.1, 0.15) is 10.5 Å². The Morgan fingerprint density at radius 3 is 3.04 bits per heavy atom. The highest BCUT2D eigenvalue weighted by Crippen LogP contribution is 2.14. The fourth-order valence-electron chi connectivity index (χ4n) is 2.40. The number of ether oxygens (including phenoxy) is 2. The molecule has 0 radical (unpaired) electrons. The van der Waals surface area contributed by atoms with Gasteiger partial charge in [-0.1, -0.05) is 0 Å². The summed E-state index contributed by atoms with van der Waals surface area (Å²) in [4.78, 5) is 29.7. The summed E-state index contributed by atoms with van der Waals surface area (Å²) in [5.74, 6) is 0.703. The molecule has 1 unspecified atom stereocenters. The number of nitrogens with one attached hydrogen (secondary N) is 1. The van der Waals surface area contributed by atoms with E-state index in [0.717, 1.165) is 18.5 Å². The van der Waals surface area contributed by atoms with E-state index in [1.807, 2.05) is 18.5 Å². The summed E-state index contributed by atoms with van der Waals surface area (Å²) in [5.41, 5.74) is 0.721. The lowest BCUT2D eigenvalue weighted by Gasteiger charge is -2.25. The van der Waals surface area contributed by atoms with Gasteiger partial charge in [-0.3, -0.25) is 14.5 Å². The second-order valence-corrected chi connectivity index (χ2v) is 6.26. The highest BCUT2D eigenvalue weighted by atomic mass is 32.1. The van der Waals surface area contributed by atoms with Crippen LogP contribution >= 0.6 is 11.3 Å². The molecule has 0 spiro atoms. The molecule has 2 N–H and O–H groups in total. The smallest absolute Gasteiger partial charge is 0.290 e. The topological polar surface area (TPSA) is 105 Å². The minimum absolute atomic E-state index is 0.0533. The molecule has 0 saturated carbocycles. The molecule has 0 amide bonds. The molecule has 9 heteroatoms. The lowest BCUT2D eigenvalue weighted by molar-refractivity contribution is -0.122. The Morgan fingerprint density at radius 2 is 2.33 bits per heavy atom. The van der Waals surface area contributed by atoms with E-state index in [1.165, 1.54) is 11.3 Å². The van der Waals surface area contributed by atoms with E-state index in [0.29, 0.717) is 36.9 Å². The van der Waals surface area contributed by atoms with Crippen LogP contribution < -0.4 is 5.56 Å². The molecule has 2 aromatic heterocycles. The maximum Gasteiger partial charge on any atom is 0.290 e. The van der Waals surface area contributed by atoms with Crippen LogP contribution in [0.15, 0.2) is 16.2 Å². The van der Waals surface area contributed by atoms with Gasteiger partial charge in [0.2, 0.25) is 0 Å². The van der Waals surface area contributed by atoms with Gasteiger partial charge in [0.25, 0.3) is 12.0 Å². The largest absolute Gasteiger partial charge is 0.483 e. The minimum atomic E-state index is -0.250. The standard InChI is InChI=1S/C14H19N3O3S.CH2O2/c1-17(4-2-10-9-19-5-6-20-10)8-12-15-11-3-7-21-13(11)14(18)16-12;2-1-3/h3,7,10H,2,4-6,8-9H2,1H3,(H,15,16,18);1H,(H,2,3). The maximum atomic E-state index is 11.9. The van der Waals surface area contributed by atoms with Gasteiger partial charge >= 0.3 is 0 Å². The van der Waals surface area contributed by atoms with E-state index in [1.54, 1.807) is 0 Å². The van der Waals surface area contributed by atoms with Gasteiger partial charge in [0.15, 0.2) is 0 Å². The minimum Gasteiger partial charge on any atom is -0.483 e. The number of hydrogen-bond acceptors (Lipinski definition) is 7. The number of carbonyl (C=O) groups is 1. The molecule has 1 aliphatic heterocycles. The SMILES string of the molecule is CN(CCC1COCCO1)Cc1nc2ccsc2c(=O)[nH]1.O=CO. The molecule has 132 valence electrons. The van der Waals surface area contributed by atoms with Gasteiger partial charge in [-0.2, -0.15) is 0 Å². The van der Waals surface area contributed by atoms with Crippen LogP contribution in [0.4, 0.5) is 0 Å². The number of H-pyrrole nitrogens is 1. The van der Waals surface area contributed by atoms with Crippen LogP contribution in [0.25, 0.3) is 10.2 Å². The second-order valence-electron chi connectivity index (χ2n) is 5.35. The average Bonchev–Trinajstić information content (AvgIpc) is 3.04. The fourth-order valence-corrected chi connectivity index (χ4v) is 3.12. The first-order chi connectivity index (χ1) is 11.6. The summed E-state index contributed by atoms with van der Waals surface area (Å²) in [7, 11) is 2.02. The molecule has 8 nitrogen and oxygen atoms in total. The Balaban J connectivity index is 0.000000647. The molecule has 0 bridgehead atoms. The summed E-state index contributed by atoms with van der Waals surface area (Å²) >= 11 is 1.42. The number of fused-ring (bicyclic) bond motifs is 1. The van der Waals surface area contributed by atoms with Crippen molar-refractivity contribution in [2.75, 3.05) is 33.4 Å². The van der Waals surface area contributed by atoms with Crippen LogP contribution in [-0.4, -0.2) is 66.0 Å². The van der Waals surface area contributed by atoms with Crippen LogP contribution in [0.1, 0.15) is 12.2 Å². The molecular formula is C15H21N3O5S. The van der Waals surface area contributed by atoms with Crippen molar-refractivity contribution in [2.45, 2.75) is 19.1 Å². The predicted molar refractivity (Wildman–Crippen MR) is 90.4 cm³/mol. The molecule has 3 rings (SSSR count). The molecule has 1 atom stereocenters. The van der Waals surface area contributed by atoms with Crippen molar-refractivity contribution in [2.24, 2.45) is 0 Å². The first-order valence-corrected chi connectivity index (χ1v) is 8.44. The van der Waals surface area contributed by atoms with Crippen molar-refractivity contribution in [3.05, 3.63) is 27.6 Å². The molecule has 1 fully saturated rings. The van der Waals surface area contributed by atoms with Crippen LogP contribution in [0.5, 0.6) is 0 Å². The Bertz CT molecular complexity index is 696. The Morgan fingerprint density at radius 1 is 1.54 bits per heavy atom. The quantitative estimate of drug-likeness (QED) is 0.769. The van der Waals surface area contributed by atoms with Crippen molar-refractivity contribution >= 4 is 28.0 Å². The van der Waals surface area contributed by atoms with Crippen molar-refractivity contribution in [1.29, 1.82) is 0 Å². The third-order valence-electron chi connectivity index (χ3n) is 3.50. The Hall–Kier alpha value is -1.81. The van der Waals surface area contributed by atoms with Gasteiger partial charge in [-0.25, -0.2) is 4.98 Å². The van der Waals surface area contributed by atoms with E-state index < -0.39 is 0 Å². The van der Waals surface area contributed by atoms with Crippen LogP contribution in [0.2, 0.25) is 0 Å². The van der Waals surface area contributed by atoms with Crippen LogP contribution in [0, 0.1) is 0 Å². The van der Waals surface area contributed by atoms with E-state index in [4.69, 9.17) is 19.4 Å². The molecule has 3 heterocycles. The highest BCUT2D eigenvalue weighted by Gasteiger charge is 2.15. The molecule has 0 aliphatic carbocycles. The van der Waals surface area contributed by atoms with E-state index in [2.05, 4.69) is 14.9 Å². The predicted octanol–water partition coefficient (Wildman–Crippen LogP) is 0.923. The van der Waals surface area contributed by atoms with Gasteiger partial charge in [-0.05, 0) is 24.9 Å². The van der Waals surface area contributed by atoms with Gasteiger partial charge in [0, 0.05) is 6.54 Å². The number of rotatable bonds is 5. The summed E-state index contributed by atoms with van der Waals surface area (Å²) in [6.45, 7) is 3.29. The molecular weight excluding hydrogens is 334 g/mol. The molecule has 1 aliphatic rings. The summed E-state index contributed by atoms with van der Waals surface area (Å²) in [6.07, 6.45) is 1.09. The zero-order valence-electron chi connectivity index (χ0n) is 13.4. The first-order valence-electron chi connectivity index (χ1n) is 7.56. The van der Waals surface area contributed by atoms with Crippen molar-refractivity contribution in [3.63, 3.8) is 0 Å². The fraction of sp³-hybridized carbons (Fsp3) is 0.533. The third kappa shape index (κ3) is 5.38. The zero-order chi connectivity index (χ0) is 17.4. The van der Waals surface area contributed by atoms with Crippen molar-refractivity contribution in [3.8, 4) is 0 Å². The average molecular weight is 355 g/mol. The first kappa shape index (κ1) is 18.5. The lowest BCUT2D eigenvalue weighted by atomic mass is 10.2. The number of aromatic nitrogens is 2. The number of nitrogens with zero attached hydrogens (tertiary/aromatic N) is 2. The number of carboxylic acid groups (broad SMARTS) is 1. The van der Waals surface area contributed by atoms with Gasteiger partial charge < -0.3 is 19.6 Å². The summed E-state index contributed by atoms with van der Waals surface area (Å²) < 4.78 is 11.7. The highest BCUT2D eigenvalue weighted by molar-refractivity contribution is 7.17. The summed E-state index contributed by atoms with van der Waals surface area (Å²) in [6, 6.07) is 1.88. The van der Waals surface area contributed by atoms with Gasteiger partial charge in [0.05, 0.1) is 38.0 Å². The Kier molecular flexibility index (Phi) is 7.32. The molecule has 1 saturated heterocycles. The monoisotopic (exact) mass is 355 g/mol. The van der Waals surface area contributed by atoms with E-state index >= 15 is 0 Å². The zero-order valence-corrected chi connectivity index (χ0v) is 14.3.